The van der Waals surface area contributed by atoms with Crippen molar-refractivity contribution < 1.29 is 18.0 Å². The van der Waals surface area contributed by atoms with Gasteiger partial charge in [-0.2, -0.15) is 13.2 Å². The third-order valence-electron chi connectivity index (χ3n) is 3.40. The molecule has 0 aromatic heterocycles. The monoisotopic (exact) mass is 252 g/mol. The summed E-state index contributed by atoms with van der Waals surface area (Å²) in [6.45, 7) is 2.51. The molecule has 1 amide bonds. The van der Waals surface area contributed by atoms with Crippen LogP contribution in [0.2, 0.25) is 0 Å². The van der Waals surface area contributed by atoms with E-state index in [9.17, 15) is 18.0 Å². The number of halogens is 3. The van der Waals surface area contributed by atoms with Gasteiger partial charge >= 0.3 is 6.18 Å². The van der Waals surface area contributed by atoms with E-state index in [4.69, 9.17) is 5.73 Å². The Hall–Kier alpha value is -0.780. The van der Waals surface area contributed by atoms with Crippen molar-refractivity contribution in [2.75, 3.05) is 19.6 Å². The van der Waals surface area contributed by atoms with E-state index in [1.807, 2.05) is 6.92 Å². The zero-order chi connectivity index (χ0) is 13.1. The highest BCUT2D eigenvalue weighted by atomic mass is 19.4. The predicted molar refractivity (Wildman–Crippen MR) is 58.2 cm³/mol. The van der Waals surface area contributed by atoms with Crippen molar-refractivity contribution in [2.45, 2.75) is 32.4 Å². The second-order valence-electron chi connectivity index (χ2n) is 4.48. The van der Waals surface area contributed by atoms with Gasteiger partial charge < -0.3 is 10.6 Å². The molecule has 0 saturated carbocycles. The van der Waals surface area contributed by atoms with Crippen LogP contribution >= 0.6 is 0 Å². The zero-order valence-corrected chi connectivity index (χ0v) is 9.96. The zero-order valence-electron chi connectivity index (χ0n) is 9.96. The average Bonchev–Trinajstić information content (AvgIpc) is 2.29. The lowest BCUT2D eigenvalue weighted by atomic mass is 9.94. The number of nitrogens with zero attached hydrogens (tertiary/aromatic N) is 1. The number of piperidine rings is 1. The van der Waals surface area contributed by atoms with E-state index in [0.29, 0.717) is 6.42 Å². The van der Waals surface area contributed by atoms with Gasteiger partial charge in [0.2, 0.25) is 5.91 Å². The molecule has 0 aromatic rings. The molecule has 1 aliphatic rings. The van der Waals surface area contributed by atoms with E-state index in [1.165, 1.54) is 4.90 Å². The van der Waals surface area contributed by atoms with Gasteiger partial charge in [0.05, 0.1) is 11.8 Å². The van der Waals surface area contributed by atoms with Gasteiger partial charge in [-0.1, -0.05) is 6.92 Å². The number of nitrogens with two attached hydrogens (primary N) is 1. The summed E-state index contributed by atoms with van der Waals surface area (Å²) in [6.07, 6.45) is -3.48. The van der Waals surface area contributed by atoms with Crippen LogP contribution in [0.15, 0.2) is 0 Å². The van der Waals surface area contributed by atoms with Crippen LogP contribution in [0.4, 0.5) is 13.2 Å². The Balaban J connectivity index is 2.49. The van der Waals surface area contributed by atoms with Crippen molar-refractivity contribution in [3.05, 3.63) is 0 Å². The number of amides is 1. The van der Waals surface area contributed by atoms with Crippen LogP contribution in [0.3, 0.4) is 0 Å². The standard InChI is InChI=1S/C11H19F3N2O/c1-2-8(7-15)10(17)16-5-3-9(4-6-16)11(12,13)14/h8-9H,2-7,15H2,1H3. The third-order valence-corrected chi connectivity index (χ3v) is 3.40. The fraction of sp³-hybridized carbons (Fsp3) is 0.909. The molecular formula is C11H19F3N2O. The topological polar surface area (TPSA) is 46.3 Å². The molecule has 1 aliphatic heterocycles. The predicted octanol–water partition coefficient (Wildman–Crippen LogP) is 1.77. The summed E-state index contributed by atoms with van der Waals surface area (Å²) in [5.41, 5.74) is 5.46. The van der Waals surface area contributed by atoms with E-state index in [1.54, 1.807) is 0 Å². The molecule has 0 radical (unpaired) electrons. The summed E-state index contributed by atoms with van der Waals surface area (Å²) in [5.74, 6) is -1.61. The summed E-state index contributed by atoms with van der Waals surface area (Å²) in [4.78, 5) is 13.4. The Labute approximate surface area is 99.1 Å². The van der Waals surface area contributed by atoms with Crippen LogP contribution in [0.25, 0.3) is 0 Å². The van der Waals surface area contributed by atoms with Gasteiger partial charge in [-0.25, -0.2) is 0 Å². The normalized spacial score (nSPS) is 20.4. The minimum Gasteiger partial charge on any atom is -0.342 e. The Morgan fingerprint density at radius 1 is 1.41 bits per heavy atom. The van der Waals surface area contributed by atoms with Crippen LogP contribution < -0.4 is 5.73 Å². The van der Waals surface area contributed by atoms with Crippen molar-refractivity contribution in [3.8, 4) is 0 Å². The lowest BCUT2D eigenvalue weighted by molar-refractivity contribution is -0.186. The first-order valence-electron chi connectivity index (χ1n) is 5.95. The SMILES string of the molecule is CCC(CN)C(=O)N1CCC(C(F)(F)F)CC1. The van der Waals surface area contributed by atoms with Crippen LogP contribution in [0.1, 0.15) is 26.2 Å². The van der Waals surface area contributed by atoms with E-state index >= 15 is 0 Å². The molecule has 17 heavy (non-hydrogen) atoms. The van der Waals surface area contributed by atoms with E-state index in [2.05, 4.69) is 0 Å². The molecule has 0 bridgehead atoms. The maximum atomic E-state index is 12.4. The molecule has 1 unspecified atom stereocenters. The molecule has 1 saturated heterocycles. The number of alkyl halides is 3. The highest BCUT2D eigenvalue weighted by Crippen LogP contribution is 2.34. The molecule has 3 nitrogen and oxygen atoms in total. The number of hydrogen-bond acceptors (Lipinski definition) is 2. The van der Waals surface area contributed by atoms with Crippen LogP contribution in [0, 0.1) is 11.8 Å². The average molecular weight is 252 g/mol. The number of hydrogen-bond donors (Lipinski definition) is 1. The fourth-order valence-corrected chi connectivity index (χ4v) is 2.13. The fourth-order valence-electron chi connectivity index (χ4n) is 2.13. The number of rotatable bonds is 3. The molecule has 0 aliphatic carbocycles. The first-order chi connectivity index (χ1) is 7.90. The van der Waals surface area contributed by atoms with Gasteiger partial charge in [-0.3, -0.25) is 4.79 Å². The van der Waals surface area contributed by atoms with Gasteiger partial charge in [0.1, 0.15) is 0 Å². The lowest BCUT2D eigenvalue weighted by Gasteiger charge is -2.34. The summed E-state index contributed by atoms with van der Waals surface area (Å²) < 4.78 is 37.3. The van der Waals surface area contributed by atoms with Gasteiger partial charge in [-0.15, -0.1) is 0 Å². The van der Waals surface area contributed by atoms with Crippen LogP contribution in [-0.2, 0) is 4.79 Å². The molecule has 100 valence electrons. The van der Waals surface area contributed by atoms with Gasteiger partial charge in [0.25, 0.3) is 0 Å². The molecule has 1 rings (SSSR count). The smallest absolute Gasteiger partial charge is 0.342 e. The highest BCUT2D eigenvalue weighted by Gasteiger charge is 2.42. The number of likely N-dealkylation sites (tertiary alicyclic amines) is 1. The quantitative estimate of drug-likeness (QED) is 0.832. The summed E-state index contributed by atoms with van der Waals surface area (Å²) in [7, 11) is 0. The first-order valence-corrected chi connectivity index (χ1v) is 5.95. The molecule has 1 fully saturated rings. The van der Waals surface area contributed by atoms with Crippen molar-refractivity contribution in [1.82, 2.24) is 4.90 Å². The van der Waals surface area contributed by atoms with Crippen molar-refractivity contribution in [2.24, 2.45) is 17.6 Å². The van der Waals surface area contributed by atoms with Gasteiger partial charge in [-0.05, 0) is 19.3 Å². The molecule has 1 atom stereocenters. The Bertz CT molecular complexity index is 256. The third kappa shape index (κ3) is 3.59. The number of carbonyl (C=O) groups is 1. The van der Waals surface area contributed by atoms with Crippen molar-refractivity contribution in [3.63, 3.8) is 0 Å². The van der Waals surface area contributed by atoms with Gasteiger partial charge in [0.15, 0.2) is 0 Å². The molecule has 1 heterocycles. The molecule has 2 N–H and O–H groups in total. The van der Waals surface area contributed by atoms with E-state index in [-0.39, 0.29) is 44.3 Å². The Morgan fingerprint density at radius 2 is 1.94 bits per heavy atom. The Kier molecular flexibility index (Phi) is 4.80. The molecule has 0 spiro atoms. The molecule has 0 aromatic carbocycles. The van der Waals surface area contributed by atoms with Crippen molar-refractivity contribution >= 4 is 5.91 Å². The lowest BCUT2D eigenvalue weighted by Crippen LogP contribution is -2.45. The van der Waals surface area contributed by atoms with E-state index in [0.717, 1.165) is 0 Å². The maximum Gasteiger partial charge on any atom is 0.391 e. The second-order valence-corrected chi connectivity index (χ2v) is 4.48. The van der Waals surface area contributed by atoms with Crippen LogP contribution in [-0.4, -0.2) is 36.6 Å². The largest absolute Gasteiger partial charge is 0.391 e. The van der Waals surface area contributed by atoms with Crippen molar-refractivity contribution in [1.29, 1.82) is 0 Å². The molecular weight excluding hydrogens is 233 g/mol. The Morgan fingerprint density at radius 3 is 2.29 bits per heavy atom. The second kappa shape index (κ2) is 5.71. The van der Waals surface area contributed by atoms with Crippen LogP contribution in [0.5, 0.6) is 0 Å². The summed E-state index contributed by atoms with van der Waals surface area (Å²) >= 11 is 0. The minimum atomic E-state index is -4.13. The highest BCUT2D eigenvalue weighted by molar-refractivity contribution is 5.79. The van der Waals surface area contributed by atoms with E-state index < -0.39 is 12.1 Å². The summed E-state index contributed by atoms with van der Waals surface area (Å²) in [6, 6.07) is 0. The summed E-state index contributed by atoms with van der Waals surface area (Å²) in [5, 5.41) is 0. The maximum absolute atomic E-state index is 12.4. The number of carbonyl (C=O) groups excluding carboxylic acids is 1. The molecule has 6 heteroatoms. The minimum absolute atomic E-state index is 0.0102. The van der Waals surface area contributed by atoms with Gasteiger partial charge in [0, 0.05) is 19.6 Å². The first kappa shape index (κ1) is 14.3.